The summed E-state index contributed by atoms with van der Waals surface area (Å²) in [6.45, 7) is 0. The van der Waals surface area contributed by atoms with Crippen molar-refractivity contribution in [3.63, 3.8) is 0 Å². The van der Waals surface area contributed by atoms with E-state index in [2.05, 4.69) is 0 Å². The van der Waals surface area contributed by atoms with Crippen LogP contribution in [0.2, 0.25) is 0 Å². The number of benzene rings is 2. The number of aliphatic carboxylic acids is 1. The molecule has 0 bridgehead atoms. The Labute approximate surface area is 115 Å². The van der Waals surface area contributed by atoms with Crippen LogP contribution in [-0.4, -0.2) is 12.1 Å². The van der Waals surface area contributed by atoms with Gasteiger partial charge in [-0.25, -0.2) is 0 Å². The molecule has 20 heavy (non-hydrogen) atoms. The first-order chi connectivity index (χ1) is 9.61. The molecule has 0 aromatic heterocycles. The van der Waals surface area contributed by atoms with E-state index in [4.69, 9.17) is 0 Å². The number of carboxylic acids is 1. The molecule has 1 unspecified atom stereocenters. The van der Waals surface area contributed by atoms with Crippen molar-refractivity contribution in [2.75, 3.05) is 4.90 Å². The van der Waals surface area contributed by atoms with Crippen molar-refractivity contribution >= 4 is 17.7 Å². The molecule has 0 aliphatic rings. The molecular weight excluding hydrogens is 258 g/mol. The van der Waals surface area contributed by atoms with Crippen LogP contribution in [0.15, 0.2) is 60.7 Å². The zero-order chi connectivity index (χ0) is 14.5. The van der Waals surface area contributed by atoms with Crippen LogP contribution in [0, 0.1) is 0 Å². The largest absolute Gasteiger partial charge is 0.547 e. The van der Waals surface area contributed by atoms with Crippen molar-refractivity contribution in [2.24, 2.45) is 0 Å². The molecule has 102 valence electrons. The van der Waals surface area contributed by atoms with Crippen LogP contribution < -0.4 is 15.1 Å². The maximum absolute atomic E-state index is 11.4. The second kappa shape index (κ2) is 5.88. The summed E-state index contributed by atoms with van der Waals surface area (Å²) in [4.78, 5) is 23.4. The van der Waals surface area contributed by atoms with Crippen LogP contribution in [0.1, 0.15) is 11.6 Å². The SMILES string of the molecule is O=C([O-])C(c1ccccc1)N(C(=O)[O-])c1ccccc1. The number of carboxylic acid groups (broad SMARTS) is 2. The van der Waals surface area contributed by atoms with E-state index in [1.165, 1.54) is 24.3 Å². The fourth-order valence-electron chi connectivity index (χ4n) is 1.97. The highest BCUT2D eigenvalue weighted by atomic mass is 16.4. The summed E-state index contributed by atoms with van der Waals surface area (Å²) in [7, 11) is 0. The monoisotopic (exact) mass is 269 g/mol. The quantitative estimate of drug-likeness (QED) is 0.800. The van der Waals surface area contributed by atoms with Crippen molar-refractivity contribution in [1.29, 1.82) is 0 Å². The highest BCUT2D eigenvalue weighted by Crippen LogP contribution is 2.26. The average Bonchev–Trinajstić information content (AvgIpc) is 2.45. The number of anilines is 1. The smallest absolute Gasteiger partial charge is 0.142 e. The molecule has 0 N–H and O–H groups in total. The maximum atomic E-state index is 11.4. The van der Waals surface area contributed by atoms with Gasteiger partial charge in [-0.15, -0.1) is 0 Å². The minimum absolute atomic E-state index is 0.213. The van der Waals surface area contributed by atoms with Gasteiger partial charge in [-0.1, -0.05) is 48.5 Å². The number of nitrogens with zero attached hydrogens (tertiary/aromatic N) is 1. The Hall–Kier alpha value is -2.82. The number of hydrogen-bond acceptors (Lipinski definition) is 4. The third-order valence-electron chi connectivity index (χ3n) is 2.83. The lowest BCUT2D eigenvalue weighted by Crippen LogP contribution is -2.49. The average molecular weight is 269 g/mol. The minimum atomic E-state index is -1.60. The molecular formula is C15H11NO4-2. The lowest BCUT2D eigenvalue weighted by Gasteiger charge is -2.34. The van der Waals surface area contributed by atoms with Crippen molar-refractivity contribution < 1.29 is 19.8 Å². The van der Waals surface area contributed by atoms with E-state index >= 15 is 0 Å². The molecule has 5 nitrogen and oxygen atoms in total. The number of hydrogen-bond donors (Lipinski definition) is 0. The topological polar surface area (TPSA) is 83.5 Å². The first-order valence-corrected chi connectivity index (χ1v) is 5.92. The summed E-state index contributed by atoms with van der Waals surface area (Å²) in [5.41, 5.74) is 0.520. The number of rotatable bonds is 4. The van der Waals surface area contributed by atoms with Gasteiger partial charge in [0.05, 0.1) is 12.0 Å². The predicted octanol–water partition coefficient (Wildman–Crippen LogP) is 0.327. The predicted molar refractivity (Wildman–Crippen MR) is 68.5 cm³/mol. The summed E-state index contributed by atoms with van der Waals surface area (Å²) >= 11 is 0. The zero-order valence-corrected chi connectivity index (χ0v) is 10.4. The Morgan fingerprint density at radius 3 is 1.80 bits per heavy atom. The second-order valence-electron chi connectivity index (χ2n) is 4.10. The van der Waals surface area contributed by atoms with E-state index in [-0.39, 0.29) is 5.69 Å². The summed E-state index contributed by atoms with van der Waals surface area (Å²) in [6.07, 6.45) is -1.60. The third-order valence-corrected chi connectivity index (χ3v) is 2.83. The molecule has 0 fully saturated rings. The number of para-hydroxylation sites is 1. The molecule has 2 aromatic carbocycles. The fraction of sp³-hybridized carbons (Fsp3) is 0.0667. The summed E-state index contributed by atoms with van der Waals surface area (Å²) in [5, 5.41) is 22.7. The van der Waals surface area contributed by atoms with Crippen LogP contribution in [0.5, 0.6) is 0 Å². The summed E-state index contributed by atoms with van der Waals surface area (Å²) in [5.74, 6) is -1.51. The molecule has 1 amide bonds. The van der Waals surface area contributed by atoms with Gasteiger partial charge >= 0.3 is 0 Å². The molecule has 0 saturated carbocycles. The van der Waals surface area contributed by atoms with E-state index in [0.717, 1.165) is 0 Å². The van der Waals surface area contributed by atoms with Gasteiger partial charge in [-0.2, -0.15) is 0 Å². The fourth-order valence-corrected chi connectivity index (χ4v) is 1.97. The Kier molecular flexibility index (Phi) is 4.00. The number of carbonyl (C=O) groups excluding carboxylic acids is 2. The van der Waals surface area contributed by atoms with Crippen LogP contribution in [0.25, 0.3) is 0 Å². The standard InChI is InChI=1S/C15H13NO4/c17-14(18)13(11-7-3-1-4-8-11)16(15(19)20)12-9-5-2-6-10-12/h1-10,13H,(H,17,18)(H,19,20)/p-2. The van der Waals surface area contributed by atoms with Crippen molar-refractivity contribution in [1.82, 2.24) is 0 Å². The van der Waals surface area contributed by atoms with Gasteiger partial charge in [0.15, 0.2) is 0 Å². The van der Waals surface area contributed by atoms with Gasteiger partial charge in [0.2, 0.25) is 0 Å². The van der Waals surface area contributed by atoms with E-state index in [0.29, 0.717) is 10.5 Å². The molecule has 0 radical (unpaired) electrons. The molecule has 0 saturated heterocycles. The van der Waals surface area contributed by atoms with E-state index in [9.17, 15) is 19.8 Å². The van der Waals surface area contributed by atoms with Gasteiger partial charge in [-0.05, 0) is 17.7 Å². The molecule has 1 atom stereocenters. The molecule has 2 rings (SSSR count). The van der Waals surface area contributed by atoms with Gasteiger partial charge in [0.25, 0.3) is 0 Å². The highest BCUT2D eigenvalue weighted by Gasteiger charge is 2.23. The molecule has 0 aliphatic heterocycles. The zero-order valence-electron chi connectivity index (χ0n) is 10.4. The Balaban J connectivity index is 2.50. The minimum Gasteiger partial charge on any atom is -0.547 e. The first kappa shape index (κ1) is 13.6. The third kappa shape index (κ3) is 2.77. The van der Waals surface area contributed by atoms with E-state index in [1.807, 2.05) is 0 Å². The Morgan fingerprint density at radius 1 is 0.850 bits per heavy atom. The van der Waals surface area contributed by atoms with Crippen LogP contribution in [0.3, 0.4) is 0 Å². The normalized spacial score (nSPS) is 11.6. The molecule has 5 heteroatoms. The lowest BCUT2D eigenvalue weighted by molar-refractivity contribution is -0.309. The van der Waals surface area contributed by atoms with Gasteiger partial charge in [0.1, 0.15) is 6.09 Å². The van der Waals surface area contributed by atoms with Crippen LogP contribution in [0.4, 0.5) is 10.5 Å². The van der Waals surface area contributed by atoms with E-state index < -0.39 is 18.1 Å². The summed E-state index contributed by atoms with van der Waals surface area (Å²) < 4.78 is 0. The number of carbonyl (C=O) groups is 2. The van der Waals surface area contributed by atoms with Crippen molar-refractivity contribution in [2.45, 2.75) is 6.04 Å². The molecule has 0 heterocycles. The van der Waals surface area contributed by atoms with E-state index in [1.54, 1.807) is 36.4 Å². The van der Waals surface area contributed by atoms with Crippen molar-refractivity contribution in [3.8, 4) is 0 Å². The van der Waals surface area contributed by atoms with Gasteiger partial charge in [-0.3, -0.25) is 0 Å². The Bertz CT molecular complexity index is 542. The first-order valence-electron chi connectivity index (χ1n) is 5.92. The van der Waals surface area contributed by atoms with Crippen molar-refractivity contribution in [3.05, 3.63) is 66.2 Å². The molecule has 0 spiro atoms. The highest BCUT2D eigenvalue weighted by molar-refractivity contribution is 5.93. The summed E-state index contributed by atoms with van der Waals surface area (Å²) in [6, 6.07) is 14.5. The number of amides is 1. The second-order valence-corrected chi connectivity index (χ2v) is 4.10. The van der Waals surface area contributed by atoms with Crippen LogP contribution in [-0.2, 0) is 4.79 Å². The maximum Gasteiger partial charge on any atom is 0.142 e. The van der Waals surface area contributed by atoms with Gasteiger partial charge < -0.3 is 24.7 Å². The van der Waals surface area contributed by atoms with Gasteiger partial charge in [0, 0.05) is 5.69 Å². The van der Waals surface area contributed by atoms with Crippen LogP contribution >= 0.6 is 0 Å². The Morgan fingerprint density at radius 2 is 1.35 bits per heavy atom. The molecule has 2 aromatic rings. The lowest BCUT2D eigenvalue weighted by atomic mass is 10.0. The molecule has 0 aliphatic carbocycles.